The number of nitrogens with zero attached hydrogens (tertiary/aromatic N) is 1. The Morgan fingerprint density at radius 1 is 0.583 bits per heavy atom. The Morgan fingerprint density at radius 2 is 1.36 bits per heavy atom. The quantitative estimate of drug-likeness (QED) is 0.275. The summed E-state index contributed by atoms with van der Waals surface area (Å²) in [5.41, 5.74) is 11.5. The van der Waals surface area contributed by atoms with E-state index in [0.717, 1.165) is 12.1 Å². The lowest BCUT2D eigenvalue weighted by Gasteiger charge is -2.20. The molecule has 0 amide bonds. The van der Waals surface area contributed by atoms with E-state index in [1.54, 1.807) is 0 Å². The molecule has 0 saturated carbocycles. The monoisotopic (exact) mass is 464 g/mol. The van der Waals surface area contributed by atoms with Crippen molar-refractivity contribution >= 4 is 33.2 Å². The molecule has 2 nitrogen and oxygen atoms in total. The molecule has 1 N–H and O–H groups in total. The normalized spacial score (nSPS) is 13.1. The minimum absolute atomic E-state index is 1.13. The second-order valence-corrected chi connectivity index (χ2v) is 9.74. The van der Waals surface area contributed by atoms with Gasteiger partial charge < -0.3 is 9.88 Å². The van der Waals surface area contributed by atoms with Crippen molar-refractivity contribution in [3.05, 3.63) is 126 Å². The van der Waals surface area contributed by atoms with E-state index in [0.29, 0.717) is 0 Å². The van der Waals surface area contributed by atoms with Crippen LogP contribution in [0.25, 0.3) is 38.6 Å². The van der Waals surface area contributed by atoms with Crippen molar-refractivity contribution in [3.8, 4) is 16.8 Å². The molecule has 0 radical (unpaired) electrons. The van der Waals surface area contributed by atoms with Crippen LogP contribution in [-0.4, -0.2) is 4.57 Å². The Morgan fingerprint density at radius 3 is 2.31 bits per heavy atom. The fraction of sp³-hybridized carbons (Fsp3) is 0.118. The molecule has 2 heteroatoms. The number of para-hydroxylation sites is 2. The van der Waals surface area contributed by atoms with Crippen molar-refractivity contribution in [1.82, 2.24) is 4.57 Å². The van der Waals surface area contributed by atoms with Gasteiger partial charge in [-0.3, -0.25) is 0 Å². The third-order valence-electron chi connectivity index (χ3n) is 7.58. The summed E-state index contributed by atoms with van der Waals surface area (Å²) in [5, 5.41) is 6.33. The van der Waals surface area contributed by atoms with Crippen molar-refractivity contribution in [1.29, 1.82) is 0 Å². The maximum Gasteiger partial charge on any atom is 0.0562 e. The average Bonchev–Trinajstić information content (AvgIpc) is 3.27. The number of fused-ring (bicyclic) bond motifs is 4. The molecule has 0 atom stereocenters. The second kappa shape index (κ2) is 8.73. The molecule has 1 heterocycles. The van der Waals surface area contributed by atoms with E-state index in [-0.39, 0.29) is 0 Å². The molecule has 1 aliphatic rings. The van der Waals surface area contributed by atoms with Gasteiger partial charge in [-0.2, -0.15) is 0 Å². The summed E-state index contributed by atoms with van der Waals surface area (Å²) in [7, 11) is 0. The highest BCUT2D eigenvalue weighted by Crippen LogP contribution is 2.38. The third-order valence-corrected chi connectivity index (χ3v) is 7.58. The summed E-state index contributed by atoms with van der Waals surface area (Å²) >= 11 is 0. The average molecular weight is 465 g/mol. The maximum absolute atomic E-state index is 3.78. The fourth-order valence-corrected chi connectivity index (χ4v) is 5.89. The molecular formula is C34H28N2. The third kappa shape index (κ3) is 3.49. The summed E-state index contributed by atoms with van der Waals surface area (Å²) in [6.07, 6.45) is 4.92. The molecule has 0 aliphatic heterocycles. The van der Waals surface area contributed by atoms with Gasteiger partial charge in [-0.1, -0.05) is 84.9 Å². The van der Waals surface area contributed by atoms with Gasteiger partial charge in [-0.25, -0.2) is 0 Å². The number of benzene rings is 5. The lowest BCUT2D eigenvalue weighted by molar-refractivity contribution is 0.687. The zero-order valence-corrected chi connectivity index (χ0v) is 20.2. The molecule has 7 rings (SSSR count). The fourth-order valence-electron chi connectivity index (χ4n) is 5.89. The lowest BCUT2D eigenvalue weighted by Crippen LogP contribution is -2.06. The van der Waals surface area contributed by atoms with Crippen molar-refractivity contribution in [3.63, 3.8) is 0 Å². The molecule has 6 aromatic rings. The van der Waals surface area contributed by atoms with Gasteiger partial charge in [0.2, 0.25) is 0 Å². The largest absolute Gasteiger partial charge is 0.355 e. The molecule has 1 aromatic heterocycles. The van der Waals surface area contributed by atoms with Gasteiger partial charge in [0.1, 0.15) is 0 Å². The molecule has 0 bridgehead atoms. The zero-order valence-electron chi connectivity index (χ0n) is 20.2. The number of rotatable bonds is 4. The second-order valence-electron chi connectivity index (χ2n) is 9.74. The van der Waals surface area contributed by atoms with Gasteiger partial charge >= 0.3 is 0 Å². The van der Waals surface area contributed by atoms with Crippen LogP contribution in [0, 0.1) is 0 Å². The number of hydrogen-bond acceptors (Lipinski definition) is 1. The van der Waals surface area contributed by atoms with Gasteiger partial charge in [0.25, 0.3) is 0 Å². The predicted octanol–water partition coefficient (Wildman–Crippen LogP) is 9.07. The SMILES string of the molecule is c1ccc(-c2ccccc2-n2c3ccccc3c3ccc(Nc4cccc5c4CCCC5)cc32)cc1. The molecule has 5 aromatic carbocycles. The van der Waals surface area contributed by atoms with Gasteiger partial charge in [-0.05, 0) is 72.7 Å². The van der Waals surface area contributed by atoms with Crippen molar-refractivity contribution in [2.45, 2.75) is 25.7 Å². The van der Waals surface area contributed by atoms with Crippen LogP contribution < -0.4 is 5.32 Å². The summed E-state index contributed by atoms with van der Waals surface area (Å²) in [6.45, 7) is 0. The Hall–Kier alpha value is -4.30. The van der Waals surface area contributed by atoms with Crippen molar-refractivity contribution in [2.75, 3.05) is 5.32 Å². The van der Waals surface area contributed by atoms with Crippen LogP contribution in [0.4, 0.5) is 11.4 Å². The highest BCUT2D eigenvalue weighted by atomic mass is 15.0. The number of aryl methyl sites for hydroxylation is 1. The van der Waals surface area contributed by atoms with Crippen LogP contribution in [0.2, 0.25) is 0 Å². The topological polar surface area (TPSA) is 17.0 Å². The van der Waals surface area contributed by atoms with Crippen LogP contribution in [0.1, 0.15) is 24.0 Å². The molecule has 0 spiro atoms. The molecule has 1 aliphatic carbocycles. The van der Waals surface area contributed by atoms with Crippen LogP contribution in [-0.2, 0) is 12.8 Å². The van der Waals surface area contributed by atoms with E-state index in [1.165, 1.54) is 74.7 Å². The number of hydrogen-bond donors (Lipinski definition) is 1. The van der Waals surface area contributed by atoms with E-state index < -0.39 is 0 Å². The maximum atomic E-state index is 3.78. The van der Waals surface area contributed by atoms with Crippen LogP contribution >= 0.6 is 0 Å². The van der Waals surface area contributed by atoms with Crippen LogP contribution in [0.5, 0.6) is 0 Å². The van der Waals surface area contributed by atoms with Crippen LogP contribution in [0.15, 0.2) is 115 Å². The van der Waals surface area contributed by atoms with Crippen molar-refractivity contribution in [2.24, 2.45) is 0 Å². The molecule has 0 unspecified atom stereocenters. The van der Waals surface area contributed by atoms with Gasteiger partial charge in [-0.15, -0.1) is 0 Å². The van der Waals surface area contributed by atoms with E-state index in [2.05, 4.69) is 125 Å². The van der Waals surface area contributed by atoms with Crippen molar-refractivity contribution < 1.29 is 0 Å². The number of anilines is 2. The highest BCUT2D eigenvalue weighted by molar-refractivity contribution is 6.10. The molecule has 174 valence electrons. The Balaban J connectivity index is 1.43. The molecule has 0 fully saturated rings. The number of nitrogens with one attached hydrogen (secondary N) is 1. The van der Waals surface area contributed by atoms with E-state index in [9.17, 15) is 0 Å². The highest BCUT2D eigenvalue weighted by Gasteiger charge is 2.17. The molecule has 0 saturated heterocycles. The van der Waals surface area contributed by atoms with E-state index in [4.69, 9.17) is 0 Å². The predicted molar refractivity (Wildman–Crippen MR) is 153 cm³/mol. The van der Waals surface area contributed by atoms with Crippen LogP contribution in [0.3, 0.4) is 0 Å². The molecular weight excluding hydrogens is 436 g/mol. The lowest BCUT2D eigenvalue weighted by atomic mass is 9.90. The summed E-state index contributed by atoms with van der Waals surface area (Å²) in [6, 6.07) is 41.7. The minimum Gasteiger partial charge on any atom is -0.355 e. The Labute approximate surface area is 211 Å². The zero-order chi connectivity index (χ0) is 23.9. The first-order valence-electron chi connectivity index (χ1n) is 12.9. The number of aromatic nitrogens is 1. The van der Waals surface area contributed by atoms with Gasteiger partial charge in [0, 0.05) is 27.7 Å². The standard InChI is InChI=1S/C34H28N2/c1-2-11-25(12-3-1)28-16-6-8-19-32(28)36-33-20-9-7-17-29(33)30-22-21-26(23-34(30)36)35-31-18-10-14-24-13-4-5-15-27(24)31/h1-3,6-12,14,16-23,35H,4-5,13,15H2. The summed E-state index contributed by atoms with van der Waals surface area (Å²) in [5.74, 6) is 0. The molecule has 36 heavy (non-hydrogen) atoms. The van der Waals surface area contributed by atoms with Gasteiger partial charge in [0.15, 0.2) is 0 Å². The summed E-state index contributed by atoms with van der Waals surface area (Å²) in [4.78, 5) is 0. The van der Waals surface area contributed by atoms with E-state index in [1.807, 2.05) is 0 Å². The first-order valence-corrected chi connectivity index (χ1v) is 12.9. The first kappa shape index (κ1) is 21.0. The smallest absolute Gasteiger partial charge is 0.0562 e. The minimum atomic E-state index is 1.13. The Bertz CT molecular complexity index is 1710. The van der Waals surface area contributed by atoms with Gasteiger partial charge in [0.05, 0.1) is 16.7 Å². The first-order chi connectivity index (χ1) is 17.9. The Kier molecular flexibility index (Phi) is 5.10. The van der Waals surface area contributed by atoms with E-state index >= 15 is 0 Å². The summed E-state index contributed by atoms with van der Waals surface area (Å²) < 4.78 is 2.43.